The first-order valence-electron chi connectivity index (χ1n) is 4.95. The van der Waals surface area contributed by atoms with Crippen LogP contribution in [0, 0.1) is 0 Å². The van der Waals surface area contributed by atoms with Crippen LogP contribution in [0.25, 0.3) is 0 Å². The van der Waals surface area contributed by atoms with Crippen molar-refractivity contribution in [2.45, 2.75) is 4.90 Å². The second-order valence-electron chi connectivity index (χ2n) is 3.30. The molecule has 2 aromatic rings. The Kier molecular flexibility index (Phi) is 3.75. The lowest BCUT2D eigenvalue weighted by molar-refractivity contribution is 0.0948. The number of hydrogen-bond acceptors (Lipinski definition) is 4. The van der Waals surface area contributed by atoms with Crippen LogP contribution in [0.1, 0.15) is 9.67 Å². The Bertz CT molecular complexity index is 622. The van der Waals surface area contributed by atoms with Gasteiger partial charge >= 0.3 is 0 Å². The van der Waals surface area contributed by atoms with Gasteiger partial charge in [-0.2, -0.15) is 0 Å². The maximum absolute atomic E-state index is 11.7. The molecule has 0 atom stereocenters. The molecule has 1 amide bonds. The highest BCUT2D eigenvalue weighted by Crippen LogP contribution is 2.09. The second kappa shape index (κ2) is 5.30. The molecule has 1 radical (unpaired) electrons. The minimum absolute atomic E-state index is 0.0384. The number of nitrogens with zero attached hydrogens (tertiary/aromatic N) is 1. The zero-order valence-corrected chi connectivity index (χ0v) is 10.7. The van der Waals surface area contributed by atoms with Crippen molar-refractivity contribution in [3.05, 3.63) is 52.7 Å². The zero-order valence-electron chi connectivity index (χ0n) is 9.11. The summed E-state index contributed by atoms with van der Waals surface area (Å²) >= 11 is 1.21. The molecule has 0 unspecified atom stereocenters. The average molecular weight is 281 g/mol. The summed E-state index contributed by atoms with van der Waals surface area (Å²) in [4.78, 5) is 15.2. The monoisotopic (exact) mass is 281 g/mol. The Labute approximate surface area is 108 Å². The smallest absolute Gasteiger partial charge is 0.267 e. The first-order valence-corrected chi connectivity index (χ1v) is 7.27. The molecule has 0 aliphatic carbocycles. The molecule has 1 heterocycles. The van der Waals surface area contributed by atoms with Gasteiger partial charge in [-0.05, 0) is 28.4 Å². The van der Waals surface area contributed by atoms with Gasteiger partial charge in [0.05, 0.1) is 9.77 Å². The fourth-order valence-electron chi connectivity index (χ4n) is 1.21. The SMILES string of the molecule is O=C(N[N]S(=O)(=O)c1ccccc1)c1cccs1. The van der Waals surface area contributed by atoms with Crippen LogP contribution >= 0.6 is 11.3 Å². The molecular formula is C11H9N2O3S2. The van der Waals surface area contributed by atoms with E-state index in [2.05, 4.69) is 4.83 Å². The number of nitrogens with one attached hydrogen (secondary N) is 1. The normalized spacial score (nSPS) is 11.1. The highest BCUT2D eigenvalue weighted by molar-refractivity contribution is 7.89. The van der Waals surface area contributed by atoms with Crippen molar-refractivity contribution >= 4 is 27.3 Å². The van der Waals surface area contributed by atoms with Crippen LogP contribution in [0.15, 0.2) is 52.7 Å². The number of thiophene rings is 1. The topological polar surface area (TPSA) is 77.3 Å². The molecule has 0 fully saturated rings. The van der Waals surface area contributed by atoms with Crippen molar-refractivity contribution in [3.8, 4) is 0 Å². The van der Waals surface area contributed by atoms with Gasteiger partial charge < -0.3 is 0 Å². The predicted molar refractivity (Wildman–Crippen MR) is 67.5 cm³/mol. The minimum Gasteiger partial charge on any atom is -0.267 e. The molecule has 18 heavy (non-hydrogen) atoms. The Morgan fingerprint density at radius 3 is 2.44 bits per heavy atom. The Morgan fingerprint density at radius 1 is 1.11 bits per heavy atom. The molecule has 1 aromatic heterocycles. The molecule has 2 rings (SSSR count). The van der Waals surface area contributed by atoms with Gasteiger partial charge in [0.15, 0.2) is 0 Å². The maximum Gasteiger partial charge on any atom is 0.277 e. The van der Waals surface area contributed by atoms with Gasteiger partial charge in [-0.25, -0.2) is 8.42 Å². The third-order valence-corrected chi connectivity index (χ3v) is 4.12. The van der Waals surface area contributed by atoms with E-state index in [9.17, 15) is 13.2 Å². The summed E-state index contributed by atoms with van der Waals surface area (Å²) in [5, 5.41) is 1.72. The maximum atomic E-state index is 11.7. The van der Waals surface area contributed by atoms with Gasteiger partial charge in [0, 0.05) is 0 Å². The molecule has 0 saturated heterocycles. The van der Waals surface area contributed by atoms with Gasteiger partial charge in [0.25, 0.3) is 15.9 Å². The minimum atomic E-state index is -3.85. The number of benzene rings is 1. The van der Waals surface area contributed by atoms with Gasteiger partial charge in [-0.3, -0.25) is 10.2 Å². The van der Waals surface area contributed by atoms with E-state index < -0.39 is 15.9 Å². The van der Waals surface area contributed by atoms with Gasteiger partial charge in [0.1, 0.15) is 0 Å². The highest BCUT2D eigenvalue weighted by atomic mass is 32.2. The zero-order chi connectivity index (χ0) is 13.0. The Hall–Kier alpha value is -1.70. The summed E-state index contributed by atoms with van der Waals surface area (Å²) < 4.78 is 23.5. The molecular weight excluding hydrogens is 272 g/mol. The molecule has 0 aliphatic rings. The highest BCUT2D eigenvalue weighted by Gasteiger charge is 2.17. The van der Waals surface area contributed by atoms with Crippen molar-refractivity contribution in [1.82, 2.24) is 10.3 Å². The van der Waals surface area contributed by atoms with Gasteiger partial charge in [0.2, 0.25) is 0 Å². The summed E-state index contributed by atoms with van der Waals surface area (Å²) in [6, 6.07) is 11.0. The van der Waals surface area contributed by atoms with E-state index in [0.29, 0.717) is 4.88 Å². The molecule has 7 heteroatoms. The Balaban J connectivity index is 2.05. The van der Waals surface area contributed by atoms with Crippen molar-refractivity contribution in [2.24, 2.45) is 0 Å². The van der Waals surface area contributed by atoms with Crippen LogP contribution in [0.2, 0.25) is 0 Å². The summed E-state index contributed by atoms with van der Waals surface area (Å²) in [6.45, 7) is 0. The van der Waals surface area contributed by atoms with Gasteiger partial charge in [-0.15, -0.1) is 11.3 Å². The molecule has 1 N–H and O–H groups in total. The van der Waals surface area contributed by atoms with E-state index in [1.54, 1.807) is 35.7 Å². The van der Waals surface area contributed by atoms with E-state index in [1.165, 1.54) is 23.5 Å². The van der Waals surface area contributed by atoms with Crippen molar-refractivity contribution in [3.63, 3.8) is 0 Å². The van der Waals surface area contributed by atoms with Crippen molar-refractivity contribution in [1.29, 1.82) is 0 Å². The number of carbonyl (C=O) groups excluding carboxylic acids is 1. The lowest BCUT2D eigenvalue weighted by Gasteiger charge is -2.04. The number of hydrogen-bond donors (Lipinski definition) is 1. The van der Waals surface area contributed by atoms with Crippen molar-refractivity contribution < 1.29 is 13.2 Å². The first kappa shape index (κ1) is 12.7. The fraction of sp³-hybridized carbons (Fsp3) is 0. The molecule has 0 spiro atoms. The second-order valence-corrected chi connectivity index (χ2v) is 5.85. The summed E-state index contributed by atoms with van der Waals surface area (Å²) in [7, 11) is -3.85. The largest absolute Gasteiger partial charge is 0.277 e. The van der Waals surface area contributed by atoms with E-state index in [4.69, 9.17) is 0 Å². The van der Waals surface area contributed by atoms with E-state index >= 15 is 0 Å². The fourth-order valence-corrected chi connectivity index (χ4v) is 2.63. The number of sulfonamides is 1. The molecule has 0 aliphatic heterocycles. The van der Waals surface area contributed by atoms with E-state index in [0.717, 1.165) is 0 Å². The third kappa shape index (κ3) is 2.95. The van der Waals surface area contributed by atoms with Crippen LogP contribution < -0.4 is 10.3 Å². The number of rotatable bonds is 4. The van der Waals surface area contributed by atoms with Crippen molar-refractivity contribution in [2.75, 3.05) is 0 Å². The molecule has 0 saturated carbocycles. The Morgan fingerprint density at radius 2 is 1.83 bits per heavy atom. The summed E-state index contributed by atoms with van der Waals surface area (Å²) in [5.74, 6) is -0.537. The third-order valence-electron chi connectivity index (χ3n) is 2.05. The first-order chi connectivity index (χ1) is 8.59. The van der Waals surface area contributed by atoms with E-state index in [1.807, 2.05) is 5.43 Å². The summed E-state index contributed by atoms with van der Waals surface area (Å²) in [5.41, 5.74) is 2.03. The van der Waals surface area contributed by atoms with Crippen LogP contribution in [0.4, 0.5) is 0 Å². The number of amides is 1. The summed E-state index contributed by atoms with van der Waals surface area (Å²) in [6.07, 6.45) is 0. The van der Waals surface area contributed by atoms with Crippen LogP contribution in [0.3, 0.4) is 0 Å². The van der Waals surface area contributed by atoms with Crippen LogP contribution in [0.5, 0.6) is 0 Å². The molecule has 0 bridgehead atoms. The molecule has 1 aromatic carbocycles. The molecule has 5 nitrogen and oxygen atoms in total. The number of carbonyl (C=O) groups is 1. The molecule has 93 valence electrons. The quantitative estimate of drug-likeness (QED) is 0.860. The lowest BCUT2D eigenvalue weighted by Crippen LogP contribution is -2.35. The standard InChI is InChI=1S/C11H9N2O3S2/c14-11(10-7-4-8-17-10)12-13-18(15,16)9-5-2-1-3-6-9/h1-8H,(H,12,14). The lowest BCUT2D eigenvalue weighted by atomic mass is 10.4. The van der Waals surface area contributed by atoms with E-state index in [-0.39, 0.29) is 4.90 Å². The van der Waals surface area contributed by atoms with Gasteiger partial charge in [-0.1, -0.05) is 24.3 Å². The predicted octanol–water partition coefficient (Wildman–Crippen LogP) is 1.39. The average Bonchev–Trinajstić information content (AvgIpc) is 2.91. The van der Waals surface area contributed by atoms with Crippen LogP contribution in [-0.4, -0.2) is 14.3 Å². The van der Waals surface area contributed by atoms with Crippen LogP contribution in [-0.2, 0) is 10.0 Å².